The standard InChI is InChI=1S/C15H23NO3.ClH/c1-10(2)4-9-14(18)15(16)12-5-7-13(8-6-12)19-11(3)17;/h5-8,10,14-15,18H,4,9,16H2,1-3H3;1H/t14-,15+;/m0./s1. The van der Waals surface area contributed by atoms with Crippen molar-refractivity contribution in [2.24, 2.45) is 11.7 Å². The maximum Gasteiger partial charge on any atom is 0.308 e. The number of carbonyl (C=O) groups excluding carboxylic acids is 1. The van der Waals surface area contributed by atoms with E-state index in [-0.39, 0.29) is 18.4 Å². The highest BCUT2D eigenvalue weighted by Crippen LogP contribution is 2.22. The lowest BCUT2D eigenvalue weighted by Crippen LogP contribution is -2.26. The van der Waals surface area contributed by atoms with Gasteiger partial charge in [-0.05, 0) is 36.5 Å². The quantitative estimate of drug-likeness (QED) is 0.626. The van der Waals surface area contributed by atoms with E-state index >= 15 is 0 Å². The predicted octanol–water partition coefficient (Wildman–Crippen LogP) is 2.83. The molecule has 3 N–H and O–H groups in total. The van der Waals surface area contributed by atoms with E-state index in [2.05, 4.69) is 13.8 Å². The summed E-state index contributed by atoms with van der Waals surface area (Å²) >= 11 is 0. The van der Waals surface area contributed by atoms with Crippen molar-refractivity contribution in [2.75, 3.05) is 0 Å². The number of rotatable bonds is 6. The zero-order valence-corrected chi connectivity index (χ0v) is 13.0. The fraction of sp³-hybridized carbons (Fsp3) is 0.533. The van der Waals surface area contributed by atoms with Gasteiger partial charge in [-0.25, -0.2) is 0 Å². The monoisotopic (exact) mass is 301 g/mol. The van der Waals surface area contributed by atoms with Crippen LogP contribution in [0.1, 0.15) is 45.2 Å². The van der Waals surface area contributed by atoms with Gasteiger partial charge in [0.1, 0.15) is 5.75 Å². The topological polar surface area (TPSA) is 72.5 Å². The highest BCUT2D eigenvalue weighted by atomic mass is 35.5. The number of carbonyl (C=O) groups is 1. The predicted molar refractivity (Wildman–Crippen MR) is 82.0 cm³/mol. The molecule has 1 rings (SSSR count). The molecule has 2 atom stereocenters. The van der Waals surface area contributed by atoms with E-state index in [4.69, 9.17) is 10.5 Å². The van der Waals surface area contributed by atoms with Crippen LogP contribution in [0.3, 0.4) is 0 Å². The van der Waals surface area contributed by atoms with Crippen LogP contribution >= 0.6 is 12.4 Å². The van der Waals surface area contributed by atoms with Crippen molar-refractivity contribution in [1.82, 2.24) is 0 Å². The van der Waals surface area contributed by atoms with Crippen molar-refractivity contribution in [3.8, 4) is 5.75 Å². The Morgan fingerprint density at radius 3 is 2.25 bits per heavy atom. The van der Waals surface area contributed by atoms with E-state index in [1.54, 1.807) is 24.3 Å². The molecule has 0 aliphatic heterocycles. The Labute approximate surface area is 126 Å². The molecule has 0 aliphatic rings. The van der Waals surface area contributed by atoms with Crippen molar-refractivity contribution in [3.05, 3.63) is 29.8 Å². The molecular weight excluding hydrogens is 278 g/mol. The third-order valence-corrected chi connectivity index (χ3v) is 2.98. The summed E-state index contributed by atoms with van der Waals surface area (Å²) in [7, 11) is 0. The normalized spacial score (nSPS) is 13.5. The number of aliphatic hydroxyl groups excluding tert-OH is 1. The molecule has 20 heavy (non-hydrogen) atoms. The molecule has 4 nitrogen and oxygen atoms in total. The van der Waals surface area contributed by atoms with Gasteiger partial charge in [0.2, 0.25) is 0 Å². The maximum absolute atomic E-state index is 10.8. The van der Waals surface area contributed by atoms with Crippen LogP contribution in [0, 0.1) is 5.92 Å². The molecule has 0 saturated heterocycles. The minimum absolute atomic E-state index is 0. The lowest BCUT2D eigenvalue weighted by molar-refractivity contribution is -0.131. The number of hydrogen-bond donors (Lipinski definition) is 2. The van der Waals surface area contributed by atoms with Crippen LogP contribution in [-0.4, -0.2) is 17.2 Å². The van der Waals surface area contributed by atoms with E-state index in [0.717, 1.165) is 12.0 Å². The number of ether oxygens (including phenoxy) is 1. The second-order valence-corrected chi connectivity index (χ2v) is 5.23. The third kappa shape index (κ3) is 6.37. The SMILES string of the molecule is CC(=O)Oc1ccc([C@@H](N)[C@@H](O)CCC(C)C)cc1.Cl. The molecule has 0 heterocycles. The number of nitrogens with two attached hydrogens (primary N) is 1. The van der Waals surface area contributed by atoms with Gasteiger partial charge in [0.25, 0.3) is 0 Å². The lowest BCUT2D eigenvalue weighted by Gasteiger charge is -2.20. The highest BCUT2D eigenvalue weighted by Gasteiger charge is 2.17. The van der Waals surface area contributed by atoms with E-state index in [0.29, 0.717) is 18.1 Å². The molecule has 5 heteroatoms. The Kier molecular flexibility index (Phi) is 8.46. The smallest absolute Gasteiger partial charge is 0.308 e. The summed E-state index contributed by atoms with van der Waals surface area (Å²) in [6.45, 7) is 5.59. The van der Waals surface area contributed by atoms with Gasteiger partial charge in [-0.2, -0.15) is 0 Å². The summed E-state index contributed by atoms with van der Waals surface area (Å²) in [5.41, 5.74) is 6.86. The molecule has 0 aliphatic carbocycles. The average Bonchev–Trinajstić information content (AvgIpc) is 2.35. The Balaban J connectivity index is 0.00000361. The van der Waals surface area contributed by atoms with Gasteiger partial charge in [-0.3, -0.25) is 4.79 Å². The van der Waals surface area contributed by atoms with Crippen LogP contribution in [0.5, 0.6) is 5.75 Å². The summed E-state index contributed by atoms with van der Waals surface area (Å²) < 4.78 is 4.95. The van der Waals surface area contributed by atoms with Crippen LogP contribution in [0.25, 0.3) is 0 Å². The molecule has 1 aromatic carbocycles. The number of halogens is 1. The van der Waals surface area contributed by atoms with Gasteiger partial charge in [0, 0.05) is 6.92 Å². The van der Waals surface area contributed by atoms with Crippen molar-refractivity contribution in [3.63, 3.8) is 0 Å². The second kappa shape index (κ2) is 8.95. The first-order valence-electron chi connectivity index (χ1n) is 6.62. The molecule has 0 unspecified atom stereocenters. The van der Waals surface area contributed by atoms with Gasteiger partial charge < -0.3 is 15.6 Å². The summed E-state index contributed by atoms with van der Waals surface area (Å²) in [4.78, 5) is 10.8. The molecule has 0 bridgehead atoms. The van der Waals surface area contributed by atoms with Gasteiger partial charge >= 0.3 is 5.97 Å². The number of aliphatic hydroxyl groups is 1. The Bertz CT molecular complexity index is 406. The largest absolute Gasteiger partial charge is 0.427 e. The van der Waals surface area contributed by atoms with Crippen molar-refractivity contribution in [1.29, 1.82) is 0 Å². The molecule has 114 valence electrons. The van der Waals surface area contributed by atoms with Crippen LogP contribution in [0.15, 0.2) is 24.3 Å². The van der Waals surface area contributed by atoms with Gasteiger partial charge in [-0.15, -0.1) is 12.4 Å². The molecular formula is C15H24ClNO3. The fourth-order valence-corrected chi connectivity index (χ4v) is 1.83. The summed E-state index contributed by atoms with van der Waals surface area (Å²) in [5, 5.41) is 10.0. The molecule has 0 amide bonds. The molecule has 0 spiro atoms. The molecule has 0 fully saturated rings. The summed E-state index contributed by atoms with van der Waals surface area (Å²) in [6.07, 6.45) is 1.08. The van der Waals surface area contributed by atoms with Crippen molar-refractivity contribution in [2.45, 2.75) is 45.8 Å². The zero-order valence-electron chi connectivity index (χ0n) is 12.2. The van der Waals surface area contributed by atoms with Gasteiger partial charge in [0.05, 0.1) is 12.1 Å². The number of benzene rings is 1. The first-order chi connectivity index (χ1) is 8.90. The third-order valence-electron chi connectivity index (χ3n) is 2.98. The van der Waals surface area contributed by atoms with Gasteiger partial charge in [0.15, 0.2) is 0 Å². The second-order valence-electron chi connectivity index (χ2n) is 5.23. The van der Waals surface area contributed by atoms with Crippen molar-refractivity contribution < 1.29 is 14.6 Å². The molecule has 0 radical (unpaired) electrons. The Hall–Kier alpha value is -1.10. The lowest BCUT2D eigenvalue weighted by atomic mass is 9.96. The summed E-state index contributed by atoms with van der Waals surface area (Å²) in [5.74, 6) is 0.683. The maximum atomic E-state index is 10.8. The number of esters is 1. The van der Waals surface area contributed by atoms with E-state index in [9.17, 15) is 9.90 Å². The van der Waals surface area contributed by atoms with Crippen LogP contribution in [0.4, 0.5) is 0 Å². The molecule has 0 aromatic heterocycles. The van der Waals surface area contributed by atoms with E-state index < -0.39 is 12.1 Å². The summed E-state index contributed by atoms with van der Waals surface area (Å²) in [6, 6.07) is 6.52. The first kappa shape index (κ1) is 18.9. The number of hydrogen-bond acceptors (Lipinski definition) is 4. The van der Waals surface area contributed by atoms with E-state index in [1.807, 2.05) is 0 Å². The Morgan fingerprint density at radius 1 is 1.25 bits per heavy atom. The highest BCUT2D eigenvalue weighted by molar-refractivity contribution is 5.85. The molecule has 1 aromatic rings. The van der Waals surface area contributed by atoms with Crippen molar-refractivity contribution >= 4 is 18.4 Å². The Morgan fingerprint density at radius 2 is 1.80 bits per heavy atom. The first-order valence-corrected chi connectivity index (χ1v) is 6.62. The van der Waals surface area contributed by atoms with Gasteiger partial charge in [-0.1, -0.05) is 26.0 Å². The molecule has 0 saturated carbocycles. The van der Waals surface area contributed by atoms with Crippen LogP contribution < -0.4 is 10.5 Å². The fourth-order valence-electron chi connectivity index (χ4n) is 1.83. The minimum atomic E-state index is -0.554. The zero-order chi connectivity index (χ0) is 14.4. The van der Waals surface area contributed by atoms with E-state index in [1.165, 1.54) is 6.92 Å². The minimum Gasteiger partial charge on any atom is -0.427 e. The van der Waals surface area contributed by atoms with Crippen LogP contribution in [-0.2, 0) is 4.79 Å². The average molecular weight is 302 g/mol. The van der Waals surface area contributed by atoms with Crippen LogP contribution in [0.2, 0.25) is 0 Å².